The number of nitrogens with zero attached hydrogens (tertiary/aromatic N) is 2. The molecule has 0 spiro atoms. The number of Topliss-reactive ketones (excluding diaryl/α,β-unsaturated/α-hetero) is 1. The summed E-state index contributed by atoms with van der Waals surface area (Å²) >= 11 is 2.60. The number of methoxy groups -OCH3 is 3. The second-order valence-electron chi connectivity index (χ2n) is 6.64. The lowest BCUT2D eigenvalue weighted by Crippen LogP contribution is -2.21. The predicted octanol–water partition coefficient (Wildman–Crippen LogP) is 4.45. The fourth-order valence-electron chi connectivity index (χ4n) is 3.25. The van der Waals surface area contributed by atoms with Gasteiger partial charge in [0.25, 0.3) is 5.56 Å². The van der Waals surface area contributed by atoms with Crippen molar-refractivity contribution in [2.45, 2.75) is 5.16 Å². The minimum atomic E-state index is -0.162. The first kappa shape index (κ1) is 21.9. The highest BCUT2D eigenvalue weighted by Gasteiger charge is 2.19. The Morgan fingerprint density at radius 1 is 1.03 bits per heavy atom. The lowest BCUT2D eigenvalue weighted by molar-refractivity contribution is 0.102. The molecule has 0 radical (unpaired) electrons. The first-order valence-corrected chi connectivity index (χ1v) is 11.5. The molecule has 2 heterocycles. The van der Waals surface area contributed by atoms with Crippen LogP contribution in [0, 0.1) is 0 Å². The minimum Gasteiger partial charge on any atom is -0.493 e. The Hall–Kier alpha value is -3.30. The number of benzene rings is 2. The number of carbonyl (C=O) groups excluding carboxylic acids is 1. The van der Waals surface area contributed by atoms with Crippen LogP contribution in [0.25, 0.3) is 15.9 Å². The van der Waals surface area contributed by atoms with Crippen molar-refractivity contribution < 1.29 is 19.0 Å². The maximum atomic E-state index is 13.1. The summed E-state index contributed by atoms with van der Waals surface area (Å²) in [4.78, 5) is 31.5. The van der Waals surface area contributed by atoms with Gasteiger partial charge in [-0.2, -0.15) is 0 Å². The molecule has 0 amide bonds. The third-order valence-electron chi connectivity index (χ3n) is 4.80. The molecule has 4 rings (SSSR count). The summed E-state index contributed by atoms with van der Waals surface area (Å²) in [7, 11) is 4.50. The fraction of sp³-hybridized carbons (Fsp3) is 0.174. The van der Waals surface area contributed by atoms with Gasteiger partial charge in [-0.05, 0) is 35.7 Å². The molecule has 0 aliphatic heterocycles. The average Bonchev–Trinajstić information content (AvgIpc) is 3.31. The lowest BCUT2D eigenvalue weighted by Gasteiger charge is -2.14. The smallest absolute Gasteiger partial charge is 0.267 e. The zero-order chi connectivity index (χ0) is 22.7. The molecule has 164 valence electrons. The Morgan fingerprint density at radius 2 is 1.72 bits per heavy atom. The number of thioether (sulfide) groups is 1. The molecule has 4 aromatic rings. The number of ether oxygens (including phenoxy) is 3. The van der Waals surface area contributed by atoms with Crippen LogP contribution in [0.5, 0.6) is 17.2 Å². The zero-order valence-corrected chi connectivity index (χ0v) is 19.3. The van der Waals surface area contributed by atoms with Crippen LogP contribution in [0.15, 0.2) is 63.9 Å². The van der Waals surface area contributed by atoms with Gasteiger partial charge in [0.2, 0.25) is 5.75 Å². The molecule has 7 nitrogen and oxygen atoms in total. The van der Waals surface area contributed by atoms with Crippen molar-refractivity contribution >= 4 is 39.1 Å². The van der Waals surface area contributed by atoms with Crippen LogP contribution >= 0.6 is 23.1 Å². The summed E-state index contributed by atoms with van der Waals surface area (Å²) in [5, 5.41) is 2.85. The molecule has 0 saturated carbocycles. The predicted molar refractivity (Wildman–Crippen MR) is 126 cm³/mol. The molecular formula is C23H20N2O5S2. The number of aromatic nitrogens is 2. The summed E-state index contributed by atoms with van der Waals surface area (Å²) in [5.41, 5.74) is 0.948. The fourth-order valence-corrected chi connectivity index (χ4v) is 4.96. The van der Waals surface area contributed by atoms with E-state index in [1.54, 1.807) is 22.8 Å². The number of rotatable bonds is 8. The van der Waals surface area contributed by atoms with E-state index in [4.69, 9.17) is 14.2 Å². The van der Waals surface area contributed by atoms with E-state index in [0.717, 1.165) is 0 Å². The number of hydrogen-bond acceptors (Lipinski definition) is 8. The van der Waals surface area contributed by atoms with Crippen LogP contribution in [-0.4, -0.2) is 42.4 Å². The van der Waals surface area contributed by atoms with Crippen molar-refractivity contribution in [2.75, 3.05) is 27.1 Å². The van der Waals surface area contributed by atoms with E-state index >= 15 is 0 Å². The zero-order valence-electron chi connectivity index (χ0n) is 17.7. The van der Waals surface area contributed by atoms with Gasteiger partial charge in [0.15, 0.2) is 22.4 Å². The third kappa shape index (κ3) is 4.09. The van der Waals surface area contributed by atoms with Crippen molar-refractivity contribution in [1.29, 1.82) is 0 Å². The van der Waals surface area contributed by atoms with Gasteiger partial charge in [-0.25, -0.2) is 4.98 Å². The molecule has 0 bridgehead atoms. The molecule has 9 heteroatoms. The Labute approximate surface area is 192 Å². The molecule has 0 aliphatic rings. The standard InChI is InChI=1S/C23H20N2O5S2/c1-28-18-11-14(12-19(29-2)20(18)30-3)17(26)13-32-23-24-21-16(9-10-31-21)22(27)25(23)15-7-5-4-6-8-15/h4-12H,13H2,1-3H3. The summed E-state index contributed by atoms with van der Waals surface area (Å²) in [6.07, 6.45) is 0. The van der Waals surface area contributed by atoms with Gasteiger partial charge in [-0.15, -0.1) is 11.3 Å². The van der Waals surface area contributed by atoms with Gasteiger partial charge in [0.05, 0.1) is 38.2 Å². The minimum absolute atomic E-state index is 0.0782. The van der Waals surface area contributed by atoms with Crippen molar-refractivity contribution in [2.24, 2.45) is 0 Å². The number of thiophene rings is 1. The van der Waals surface area contributed by atoms with E-state index in [9.17, 15) is 9.59 Å². The second kappa shape index (κ2) is 9.46. The van der Waals surface area contributed by atoms with Crippen molar-refractivity contribution in [3.8, 4) is 22.9 Å². The Balaban J connectivity index is 1.69. The second-order valence-corrected chi connectivity index (χ2v) is 8.47. The number of ketones is 1. The summed E-state index contributed by atoms with van der Waals surface area (Å²) < 4.78 is 17.6. The number of carbonyl (C=O) groups is 1. The highest BCUT2D eigenvalue weighted by atomic mass is 32.2. The summed E-state index contributed by atoms with van der Waals surface area (Å²) in [5.74, 6) is 1.14. The molecule has 0 saturated heterocycles. The topological polar surface area (TPSA) is 79.7 Å². The molecule has 0 aliphatic carbocycles. The number of fused-ring (bicyclic) bond motifs is 1. The number of para-hydroxylation sites is 1. The van der Waals surface area contributed by atoms with Gasteiger partial charge in [0.1, 0.15) is 4.83 Å². The quantitative estimate of drug-likeness (QED) is 0.215. The van der Waals surface area contributed by atoms with E-state index < -0.39 is 0 Å². The molecule has 0 N–H and O–H groups in total. The van der Waals surface area contributed by atoms with Crippen molar-refractivity contribution in [1.82, 2.24) is 9.55 Å². The molecule has 2 aromatic carbocycles. The third-order valence-corrected chi connectivity index (χ3v) is 6.55. The van der Waals surface area contributed by atoms with Crippen LogP contribution in [0.2, 0.25) is 0 Å². The van der Waals surface area contributed by atoms with Crippen molar-refractivity contribution in [3.05, 3.63) is 69.8 Å². The SMILES string of the molecule is COc1cc(C(=O)CSc2nc3sccc3c(=O)n2-c2ccccc2)cc(OC)c1OC. The normalized spacial score (nSPS) is 10.8. The lowest BCUT2D eigenvalue weighted by atomic mass is 10.1. The van der Waals surface area contributed by atoms with Gasteiger partial charge in [-0.3, -0.25) is 14.2 Å². The Bertz CT molecular complexity index is 1310. The molecule has 32 heavy (non-hydrogen) atoms. The first-order valence-electron chi connectivity index (χ1n) is 9.59. The van der Waals surface area contributed by atoms with Gasteiger partial charge in [-0.1, -0.05) is 30.0 Å². The first-order chi connectivity index (χ1) is 15.6. The van der Waals surface area contributed by atoms with Crippen LogP contribution in [0.4, 0.5) is 0 Å². The number of hydrogen-bond donors (Lipinski definition) is 0. The molecule has 0 unspecified atom stereocenters. The maximum Gasteiger partial charge on any atom is 0.267 e. The van der Waals surface area contributed by atoms with E-state index in [1.807, 2.05) is 35.7 Å². The largest absolute Gasteiger partial charge is 0.493 e. The van der Waals surface area contributed by atoms with E-state index in [2.05, 4.69) is 4.98 Å². The summed E-state index contributed by atoms with van der Waals surface area (Å²) in [6.45, 7) is 0. The van der Waals surface area contributed by atoms with Crippen LogP contribution < -0.4 is 19.8 Å². The maximum absolute atomic E-state index is 13.1. The van der Waals surface area contributed by atoms with Crippen LogP contribution in [0.3, 0.4) is 0 Å². The van der Waals surface area contributed by atoms with Crippen LogP contribution in [-0.2, 0) is 0 Å². The van der Waals surface area contributed by atoms with E-state index in [0.29, 0.717) is 43.9 Å². The highest BCUT2D eigenvalue weighted by molar-refractivity contribution is 7.99. The van der Waals surface area contributed by atoms with Gasteiger partial charge < -0.3 is 14.2 Å². The Morgan fingerprint density at radius 3 is 2.34 bits per heavy atom. The van der Waals surface area contributed by atoms with E-state index in [-0.39, 0.29) is 17.1 Å². The molecule has 2 aromatic heterocycles. The molecule has 0 fully saturated rings. The molecular weight excluding hydrogens is 448 g/mol. The monoisotopic (exact) mass is 468 g/mol. The van der Waals surface area contributed by atoms with Gasteiger partial charge >= 0.3 is 0 Å². The highest BCUT2D eigenvalue weighted by Crippen LogP contribution is 2.38. The molecule has 0 atom stereocenters. The Kier molecular flexibility index (Phi) is 6.48. The van der Waals surface area contributed by atoms with Crippen molar-refractivity contribution in [3.63, 3.8) is 0 Å². The van der Waals surface area contributed by atoms with E-state index in [1.165, 1.54) is 44.4 Å². The van der Waals surface area contributed by atoms with Crippen LogP contribution in [0.1, 0.15) is 10.4 Å². The average molecular weight is 469 g/mol. The summed E-state index contributed by atoms with van der Waals surface area (Å²) in [6, 6.07) is 14.3. The van der Waals surface area contributed by atoms with Gasteiger partial charge in [0, 0.05) is 5.56 Å².